The number of hydrogen-bond donors (Lipinski definition) is 1. The second-order valence-electron chi connectivity index (χ2n) is 6.03. The second-order valence-corrected chi connectivity index (χ2v) is 8.29. The molecule has 1 heterocycles. The van der Waals surface area contributed by atoms with E-state index in [1.54, 1.807) is 0 Å². The molecule has 0 aliphatic carbocycles. The van der Waals surface area contributed by atoms with Crippen molar-refractivity contribution in [2.75, 3.05) is 37.0 Å². The van der Waals surface area contributed by atoms with Gasteiger partial charge >= 0.3 is 0 Å². The van der Waals surface area contributed by atoms with Gasteiger partial charge in [-0.2, -0.15) is 0 Å². The maximum atomic E-state index is 11.3. The van der Waals surface area contributed by atoms with Gasteiger partial charge in [-0.25, -0.2) is 8.42 Å². The first-order valence-corrected chi connectivity index (χ1v) is 9.30. The molecule has 6 heteroatoms. The van der Waals surface area contributed by atoms with Crippen molar-refractivity contribution in [1.29, 1.82) is 0 Å². The van der Waals surface area contributed by atoms with Crippen LogP contribution in [0.2, 0.25) is 0 Å². The number of anilines is 1. The van der Waals surface area contributed by atoms with Crippen LogP contribution in [0.4, 0.5) is 5.69 Å². The molecular formula is C15H27N3O2S. The molecule has 0 amide bonds. The smallest absolute Gasteiger partial charge is 0.149 e. The summed E-state index contributed by atoms with van der Waals surface area (Å²) < 4.78 is 22.6. The van der Waals surface area contributed by atoms with E-state index in [2.05, 4.69) is 24.1 Å². The molecule has 1 N–H and O–H groups in total. The number of hydrogen-bond acceptors (Lipinski definition) is 5. The average Bonchev–Trinajstić information content (AvgIpc) is 2.36. The molecular weight excluding hydrogens is 286 g/mol. The normalized spacial score (nSPS) is 11.9. The molecule has 0 aliphatic heterocycles. The van der Waals surface area contributed by atoms with Crippen molar-refractivity contribution in [1.82, 2.24) is 10.3 Å². The Morgan fingerprint density at radius 1 is 1.38 bits per heavy atom. The summed E-state index contributed by atoms with van der Waals surface area (Å²) in [7, 11) is -1.03. The highest BCUT2D eigenvalue weighted by atomic mass is 32.2. The highest BCUT2D eigenvalue weighted by molar-refractivity contribution is 7.90. The monoisotopic (exact) mass is 313 g/mol. The summed E-state index contributed by atoms with van der Waals surface area (Å²) in [5.41, 5.74) is 3.07. The van der Waals surface area contributed by atoms with Gasteiger partial charge in [0, 0.05) is 49.5 Å². The van der Waals surface area contributed by atoms with Crippen molar-refractivity contribution >= 4 is 15.5 Å². The van der Waals surface area contributed by atoms with Gasteiger partial charge in [-0.15, -0.1) is 0 Å². The van der Waals surface area contributed by atoms with E-state index < -0.39 is 9.84 Å². The van der Waals surface area contributed by atoms with Crippen LogP contribution < -0.4 is 10.2 Å². The number of aryl methyl sites for hydroxylation is 1. The van der Waals surface area contributed by atoms with E-state index >= 15 is 0 Å². The largest absolute Gasteiger partial charge is 0.373 e. The number of nitrogens with zero attached hydrogens (tertiary/aromatic N) is 2. The lowest BCUT2D eigenvalue weighted by atomic mass is 10.1. The van der Waals surface area contributed by atoms with Crippen LogP contribution in [0.5, 0.6) is 0 Å². The van der Waals surface area contributed by atoms with E-state index in [1.807, 2.05) is 31.1 Å². The van der Waals surface area contributed by atoms with Gasteiger partial charge in [0.25, 0.3) is 0 Å². The summed E-state index contributed by atoms with van der Waals surface area (Å²) in [6.45, 7) is 8.45. The Morgan fingerprint density at radius 2 is 2.05 bits per heavy atom. The third-order valence-electron chi connectivity index (χ3n) is 3.18. The highest BCUT2D eigenvalue weighted by Gasteiger charge is 2.11. The molecule has 0 atom stereocenters. The Labute approximate surface area is 128 Å². The van der Waals surface area contributed by atoms with Crippen molar-refractivity contribution in [3.8, 4) is 0 Å². The minimum atomic E-state index is -2.95. The fourth-order valence-corrected chi connectivity index (χ4v) is 2.59. The number of aromatic nitrogens is 1. The lowest BCUT2D eigenvalue weighted by Gasteiger charge is -2.23. The van der Waals surface area contributed by atoms with E-state index in [9.17, 15) is 8.42 Å². The predicted octanol–water partition coefficient (Wildman–Crippen LogP) is 1.62. The van der Waals surface area contributed by atoms with E-state index in [0.717, 1.165) is 30.0 Å². The minimum Gasteiger partial charge on any atom is -0.373 e. The molecule has 0 saturated carbocycles. The Balaban J connectivity index is 2.80. The molecule has 0 unspecified atom stereocenters. The summed E-state index contributed by atoms with van der Waals surface area (Å²) in [5, 5.41) is 3.40. The Hall–Kier alpha value is -1.14. The highest BCUT2D eigenvalue weighted by Crippen LogP contribution is 2.19. The van der Waals surface area contributed by atoms with E-state index in [-0.39, 0.29) is 5.75 Å². The fraction of sp³-hybridized carbons (Fsp3) is 0.667. The zero-order valence-electron chi connectivity index (χ0n) is 13.7. The number of sulfone groups is 1. The number of pyridine rings is 1. The topological polar surface area (TPSA) is 62.3 Å². The molecule has 120 valence electrons. The van der Waals surface area contributed by atoms with Gasteiger partial charge in [-0.05, 0) is 25.5 Å². The molecule has 21 heavy (non-hydrogen) atoms. The van der Waals surface area contributed by atoms with Crippen molar-refractivity contribution in [2.24, 2.45) is 5.92 Å². The molecule has 0 spiro atoms. The zero-order valence-corrected chi connectivity index (χ0v) is 14.5. The van der Waals surface area contributed by atoms with Crippen LogP contribution in [0.3, 0.4) is 0 Å². The third kappa shape index (κ3) is 6.91. The summed E-state index contributed by atoms with van der Waals surface area (Å²) in [4.78, 5) is 6.33. The van der Waals surface area contributed by atoms with Gasteiger partial charge in [0.15, 0.2) is 0 Å². The van der Waals surface area contributed by atoms with Crippen LogP contribution in [0.25, 0.3) is 0 Å². The average molecular weight is 313 g/mol. The fourth-order valence-electron chi connectivity index (χ4n) is 1.98. The van der Waals surface area contributed by atoms with E-state index in [0.29, 0.717) is 12.5 Å². The molecule has 0 saturated heterocycles. The minimum absolute atomic E-state index is 0.156. The van der Waals surface area contributed by atoms with Crippen molar-refractivity contribution < 1.29 is 8.42 Å². The van der Waals surface area contributed by atoms with Gasteiger partial charge in [0.05, 0.1) is 5.75 Å². The first-order chi connectivity index (χ1) is 9.69. The molecule has 0 bridgehead atoms. The van der Waals surface area contributed by atoms with Crippen LogP contribution >= 0.6 is 0 Å². The molecule has 1 aromatic rings. The molecule has 5 nitrogen and oxygen atoms in total. The SMILES string of the molecule is Cc1cc(N(C)CCS(C)(=O)=O)c(CNCC(C)C)cn1. The zero-order chi connectivity index (χ0) is 16.0. The van der Waals surface area contributed by atoms with Gasteiger partial charge < -0.3 is 10.2 Å². The van der Waals surface area contributed by atoms with E-state index in [1.165, 1.54) is 6.26 Å². The number of nitrogens with one attached hydrogen (secondary N) is 1. The maximum absolute atomic E-state index is 11.3. The van der Waals surface area contributed by atoms with Crippen LogP contribution in [-0.2, 0) is 16.4 Å². The van der Waals surface area contributed by atoms with Gasteiger partial charge in [0.2, 0.25) is 0 Å². The second kappa shape index (κ2) is 7.75. The van der Waals surface area contributed by atoms with Crippen molar-refractivity contribution in [3.05, 3.63) is 23.5 Å². The molecule has 1 aromatic heterocycles. The quantitative estimate of drug-likeness (QED) is 0.790. The number of rotatable bonds is 8. The Bertz CT molecular complexity index is 556. The Kier molecular flexibility index (Phi) is 6.61. The van der Waals surface area contributed by atoms with Gasteiger partial charge in [-0.1, -0.05) is 13.8 Å². The van der Waals surface area contributed by atoms with Crippen LogP contribution in [0, 0.1) is 12.8 Å². The third-order valence-corrected chi connectivity index (χ3v) is 4.10. The molecule has 1 rings (SSSR count). The van der Waals surface area contributed by atoms with Crippen LogP contribution in [0.1, 0.15) is 25.1 Å². The Morgan fingerprint density at radius 3 is 2.62 bits per heavy atom. The van der Waals surface area contributed by atoms with Crippen LogP contribution in [-0.4, -0.2) is 45.5 Å². The molecule has 0 aliphatic rings. The summed E-state index contributed by atoms with van der Waals surface area (Å²) in [6.07, 6.45) is 3.14. The predicted molar refractivity (Wildman–Crippen MR) is 88.5 cm³/mol. The summed E-state index contributed by atoms with van der Waals surface area (Å²) >= 11 is 0. The first-order valence-electron chi connectivity index (χ1n) is 7.24. The lowest BCUT2D eigenvalue weighted by molar-refractivity contribution is 0.551. The van der Waals surface area contributed by atoms with E-state index in [4.69, 9.17) is 0 Å². The van der Waals surface area contributed by atoms with Gasteiger partial charge in [-0.3, -0.25) is 4.98 Å². The molecule has 0 fully saturated rings. The molecule has 0 aromatic carbocycles. The maximum Gasteiger partial charge on any atom is 0.149 e. The first kappa shape index (κ1) is 17.9. The van der Waals surface area contributed by atoms with Crippen LogP contribution in [0.15, 0.2) is 12.3 Å². The summed E-state index contributed by atoms with van der Waals surface area (Å²) in [5.74, 6) is 0.749. The van der Waals surface area contributed by atoms with Crippen molar-refractivity contribution in [2.45, 2.75) is 27.3 Å². The summed E-state index contributed by atoms with van der Waals surface area (Å²) in [6, 6.07) is 2.01. The lowest BCUT2D eigenvalue weighted by Crippen LogP contribution is -2.27. The van der Waals surface area contributed by atoms with Crippen molar-refractivity contribution in [3.63, 3.8) is 0 Å². The van der Waals surface area contributed by atoms with Gasteiger partial charge in [0.1, 0.15) is 9.84 Å². The molecule has 0 radical (unpaired) electrons. The standard InChI is InChI=1S/C15H27N3O2S/c1-12(2)9-16-10-14-11-17-13(3)8-15(14)18(4)6-7-21(5,19)20/h8,11-12,16H,6-7,9-10H2,1-5H3.